The third-order valence-corrected chi connectivity index (χ3v) is 4.06. The highest BCUT2D eigenvalue weighted by Crippen LogP contribution is 2.27. The van der Waals surface area contributed by atoms with Crippen molar-refractivity contribution < 1.29 is 4.79 Å². The van der Waals surface area contributed by atoms with Gasteiger partial charge in [0, 0.05) is 24.4 Å². The van der Waals surface area contributed by atoms with Gasteiger partial charge in [-0.05, 0) is 25.8 Å². The Hall–Kier alpha value is -0.370. The molecule has 0 amide bonds. The van der Waals surface area contributed by atoms with Crippen molar-refractivity contribution in [2.75, 3.05) is 13.6 Å². The van der Waals surface area contributed by atoms with Crippen LogP contribution in [0.25, 0.3) is 0 Å². The molecule has 0 saturated heterocycles. The average Bonchev–Trinajstić information content (AvgIpc) is 2.24. The first-order valence-corrected chi connectivity index (χ1v) is 7.04. The summed E-state index contributed by atoms with van der Waals surface area (Å²) >= 11 is 0. The predicted octanol–water partition coefficient (Wildman–Crippen LogP) is 3.50. The van der Waals surface area contributed by atoms with Crippen molar-refractivity contribution in [3.05, 3.63) is 0 Å². The molecular formula is C15H29NO. The maximum Gasteiger partial charge on any atom is 0.139 e. The Morgan fingerprint density at radius 2 is 1.94 bits per heavy atom. The normalized spacial score (nSPS) is 26.2. The first kappa shape index (κ1) is 14.7. The molecule has 2 nitrogen and oxygen atoms in total. The molecule has 17 heavy (non-hydrogen) atoms. The quantitative estimate of drug-likeness (QED) is 0.748. The standard InChI is InChI=1S/C15H29NO/c1-12-7-6-8-13(11-12)16(5)10-9-14(17)15(2,3)4/h12-13H,6-11H2,1-5H3. The van der Waals surface area contributed by atoms with Crippen LogP contribution in [0, 0.1) is 11.3 Å². The lowest BCUT2D eigenvalue weighted by Crippen LogP contribution is -2.37. The van der Waals surface area contributed by atoms with Gasteiger partial charge in [-0.25, -0.2) is 0 Å². The molecule has 0 N–H and O–H groups in total. The zero-order valence-corrected chi connectivity index (χ0v) is 12.3. The smallest absolute Gasteiger partial charge is 0.139 e. The second-order valence-electron chi connectivity index (χ2n) is 6.83. The Labute approximate surface area is 107 Å². The number of ketones is 1. The first-order valence-electron chi connectivity index (χ1n) is 7.04. The lowest BCUT2D eigenvalue weighted by molar-refractivity contribution is -0.126. The van der Waals surface area contributed by atoms with E-state index in [1.54, 1.807) is 0 Å². The third kappa shape index (κ3) is 4.79. The Morgan fingerprint density at radius 1 is 1.29 bits per heavy atom. The SMILES string of the molecule is CC1CCCC(N(C)CCC(=O)C(C)(C)C)C1. The monoisotopic (exact) mass is 239 g/mol. The van der Waals surface area contributed by atoms with Crippen LogP contribution in [0.5, 0.6) is 0 Å². The highest BCUT2D eigenvalue weighted by molar-refractivity contribution is 5.83. The summed E-state index contributed by atoms with van der Waals surface area (Å²) in [7, 11) is 2.18. The highest BCUT2D eigenvalue weighted by atomic mass is 16.1. The van der Waals surface area contributed by atoms with Gasteiger partial charge in [0.1, 0.15) is 5.78 Å². The van der Waals surface area contributed by atoms with Crippen LogP contribution in [-0.2, 0) is 4.79 Å². The van der Waals surface area contributed by atoms with Gasteiger partial charge in [-0.1, -0.05) is 40.5 Å². The summed E-state index contributed by atoms with van der Waals surface area (Å²) in [5.74, 6) is 1.24. The van der Waals surface area contributed by atoms with Gasteiger partial charge in [-0.3, -0.25) is 4.79 Å². The number of hydrogen-bond acceptors (Lipinski definition) is 2. The van der Waals surface area contributed by atoms with E-state index in [1.165, 1.54) is 25.7 Å². The Bertz CT molecular complexity index is 254. The maximum absolute atomic E-state index is 11.9. The zero-order chi connectivity index (χ0) is 13.1. The summed E-state index contributed by atoms with van der Waals surface area (Å²) in [5, 5.41) is 0. The number of carbonyl (C=O) groups is 1. The van der Waals surface area contributed by atoms with Crippen molar-refractivity contribution in [3.8, 4) is 0 Å². The number of carbonyl (C=O) groups excluding carboxylic acids is 1. The van der Waals surface area contributed by atoms with Gasteiger partial charge >= 0.3 is 0 Å². The number of nitrogens with zero attached hydrogens (tertiary/aromatic N) is 1. The van der Waals surface area contributed by atoms with Crippen LogP contribution in [0.3, 0.4) is 0 Å². The van der Waals surface area contributed by atoms with E-state index >= 15 is 0 Å². The second kappa shape index (κ2) is 5.99. The number of hydrogen-bond donors (Lipinski definition) is 0. The molecule has 0 heterocycles. The largest absolute Gasteiger partial charge is 0.303 e. The van der Waals surface area contributed by atoms with Crippen LogP contribution in [0.15, 0.2) is 0 Å². The van der Waals surface area contributed by atoms with Crippen LogP contribution in [0.4, 0.5) is 0 Å². The van der Waals surface area contributed by atoms with Gasteiger partial charge in [-0.2, -0.15) is 0 Å². The van der Waals surface area contributed by atoms with E-state index in [0.29, 0.717) is 18.2 Å². The van der Waals surface area contributed by atoms with Gasteiger partial charge in [0.05, 0.1) is 0 Å². The molecule has 2 atom stereocenters. The van der Waals surface area contributed by atoms with E-state index in [0.717, 1.165) is 12.5 Å². The number of Topliss-reactive ketones (excluding diaryl/α,β-unsaturated/α-hetero) is 1. The fourth-order valence-electron chi connectivity index (χ4n) is 2.64. The minimum atomic E-state index is -0.180. The maximum atomic E-state index is 11.9. The van der Waals surface area contributed by atoms with Crippen molar-refractivity contribution in [2.24, 2.45) is 11.3 Å². The molecule has 2 unspecified atom stereocenters. The lowest BCUT2D eigenvalue weighted by atomic mass is 9.85. The minimum Gasteiger partial charge on any atom is -0.303 e. The molecule has 1 aliphatic rings. The molecule has 0 aliphatic heterocycles. The molecule has 1 saturated carbocycles. The minimum absolute atomic E-state index is 0.180. The highest BCUT2D eigenvalue weighted by Gasteiger charge is 2.25. The van der Waals surface area contributed by atoms with E-state index in [2.05, 4.69) is 18.9 Å². The van der Waals surface area contributed by atoms with Crippen molar-refractivity contribution in [2.45, 2.75) is 65.8 Å². The van der Waals surface area contributed by atoms with Crippen molar-refractivity contribution in [3.63, 3.8) is 0 Å². The summed E-state index contributed by atoms with van der Waals surface area (Å²) in [4.78, 5) is 14.3. The summed E-state index contributed by atoms with van der Waals surface area (Å²) in [6.07, 6.45) is 6.05. The molecule has 0 aromatic heterocycles. The summed E-state index contributed by atoms with van der Waals surface area (Å²) in [6, 6.07) is 0.700. The van der Waals surface area contributed by atoms with Crippen molar-refractivity contribution >= 4 is 5.78 Å². The Kier molecular flexibility index (Phi) is 5.18. The third-order valence-electron chi connectivity index (χ3n) is 4.06. The van der Waals surface area contributed by atoms with Gasteiger partial charge in [-0.15, -0.1) is 0 Å². The molecule has 0 aromatic carbocycles. The van der Waals surface area contributed by atoms with Crippen LogP contribution in [0.2, 0.25) is 0 Å². The molecule has 1 aliphatic carbocycles. The summed E-state index contributed by atoms with van der Waals surface area (Å²) in [5.41, 5.74) is -0.180. The average molecular weight is 239 g/mol. The first-order chi connectivity index (χ1) is 7.80. The van der Waals surface area contributed by atoms with Crippen molar-refractivity contribution in [1.82, 2.24) is 4.90 Å². The topological polar surface area (TPSA) is 20.3 Å². The molecule has 1 rings (SSSR count). The van der Waals surface area contributed by atoms with Crippen LogP contribution >= 0.6 is 0 Å². The van der Waals surface area contributed by atoms with Crippen LogP contribution < -0.4 is 0 Å². The number of rotatable bonds is 4. The van der Waals surface area contributed by atoms with E-state index in [9.17, 15) is 4.79 Å². The molecule has 100 valence electrons. The van der Waals surface area contributed by atoms with E-state index < -0.39 is 0 Å². The van der Waals surface area contributed by atoms with Crippen LogP contribution in [-0.4, -0.2) is 30.3 Å². The van der Waals surface area contributed by atoms with E-state index in [4.69, 9.17) is 0 Å². The fourth-order valence-corrected chi connectivity index (χ4v) is 2.64. The van der Waals surface area contributed by atoms with Gasteiger partial charge in [0.2, 0.25) is 0 Å². The second-order valence-corrected chi connectivity index (χ2v) is 6.83. The zero-order valence-electron chi connectivity index (χ0n) is 12.3. The molecule has 0 radical (unpaired) electrons. The van der Waals surface area contributed by atoms with Crippen molar-refractivity contribution in [1.29, 1.82) is 0 Å². The Morgan fingerprint density at radius 3 is 2.47 bits per heavy atom. The van der Waals surface area contributed by atoms with Gasteiger partial charge < -0.3 is 4.90 Å². The molecule has 0 spiro atoms. The van der Waals surface area contributed by atoms with E-state index in [1.807, 2.05) is 20.8 Å². The van der Waals surface area contributed by atoms with Gasteiger partial charge in [0.15, 0.2) is 0 Å². The summed E-state index contributed by atoms with van der Waals surface area (Å²) < 4.78 is 0. The fraction of sp³-hybridized carbons (Fsp3) is 0.933. The van der Waals surface area contributed by atoms with E-state index in [-0.39, 0.29) is 5.41 Å². The Balaban J connectivity index is 2.34. The lowest BCUT2D eigenvalue weighted by Gasteiger charge is -2.34. The predicted molar refractivity (Wildman–Crippen MR) is 73.1 cm³/mol. The van der Waals surface area contributed by atoms with Crippen LogP contribution in [0.1, 0.15) is 59.8 Å². The molecule has 0 aromatic rings. The van der Waals surface area contributed by atoms with Gasteiger partial charge in [0.25, 0.3) is 0 Å². The molecule has 0 bridgehead atoms. The summed E-state index contributed by atoms with van der Waals surface area (Å²) in [6.45, 7) is 9.31. The molecule has 2 heteroatoms. The molecular weight excluding hydrogens is 210 g/mol. The molecule has 1 fully saturated rings.